The van der Waals surface area contributed by atoms with Crippen molar-refractivity contribution in [1.29, 1.82) is 0 Å². The lowest BCUT2D eigenvalue weighted by atomic mass is 9.43. The molecule has 5 aliphatic rings. The van der Waals surface area contributed by atoms with Crippen LogP contribution in [0.5, 0.6) is 0 Å². The van der Waals surface area contributed by atoms with Crippen molar-refractivity contribution in [3.8, 4) is 0 Å². The van der Waals surface area contributed by atoms with Gasteiger partial charge in [-0.05, 0) is 136 Å². The minimum atomic E-state index is 0.820. The second-order valence-corrected chi connectivity index (χ2v) is 14.2. The first-order valence-electron chi connectivity index (χ1n) is 15.6. The van der Waals surface area contributed by atoms with Gasteiger partial charge in [0.05, 0.1) is 0 Å². The predicted octanol–water partition coefficient (Wildman–Crippen LogP) is 10.3. The number of hydrogen-bond donors (Lipinski definition) is 0. The molecule has 5 saturated carbocycles. The van der Waals surface area contributed by atoms with Crippen molar-refractivity contribution in [3.05, 3.63) is 0 Å². The lowest BCUT2D eigenvalue weighted by Crippen LogP contribution is -2.50. The fourth-order valence-electron chi connectivity index (χ4n) is 10.4. The molecule has 32 heavy (non-hydrogen) atoms. The molecule has 0 unspecified atom stereocenters. The third-order valence-electron chi connectivity index (χ3n) is 12.2. The molecule has 184 valence electrons. The van der Waals surface area contributed by atoms with Gasteiger partial charge in [-0.1, -0.05) is 65.2 Å². The highest BCUT2D eigenvalue weighted by Crippen LogP contribution is 2.67. The summed E-state index contributed by atoms with van der Waals surface area (Å²) in [5, 5.41) is 0. The molecule has 0 radical (unpaired) electrons. The summed E-state index contributed by atoms with van der Waals surface area (Å²) >= 11 is 0. The molecule has 5 fully saturated rings. The van der Waals surface area contributed by atoms with E-state index >= 15 is 0 Å². The number of hydrogen-bond acceptors (Lipinski definition) is 0. The molecule has 5 aliphatic carbocycles. The van der Waals surface area contributed by atoms with E-state index in [4.69, 9.17) is 0 Å². The molecular weight excluding hydrogens is 384 g/mol. The standard InChI is InChI=1S/C32H56/c1-3-5-25-7-11-27(12-8-25)29-15-19-31(20-16-29)23-32(24-31)21-17-30(18-22-32)28-13-9-26(6-4-2)10-14-28/h25-30H,3-24H2,1-2H3/t25-,26-,27-,28-,29?,30?,31?,32?. The molecule has 0 N–H and O–H groups in total. The van der Waals surface area contributed by atoms with Gasteiger partial charge in [0.25, 0.3) is 0 Å². The summed E-state index contributed by atoms with van der Waals surface area (Å²) < 4.78 is 0. The highest BCUT2D eigenvalue weighted by Gasteiger charge is 2.56. The van der Waals surface area contributed by atoms with Crippen molar-refractivity contribution in [2.45, 2.75) is 155 Å². The second kappa shape index (κ2) is 10.3. The van der Waals surface area contributed by atoms with Crippen LogP contribution in [-0.4, -0.2) is 0 Å². The topological polar surface area (TPSA) is 0 Å². The molecule has 5 rings (SSSR count). The zero-order chi connectivity index (χ0) is 22.0. The third-order valence-corrected chi connectivity index (χ3v) is 12.2. The summed E-state index contributed by atoms with van der Waals surface area (Å²) in [7, 11) is 0. The summed E-state index contributed by atoms with van der Waals surface area (Å²) in [6, 6.07) is 0. The van der Waals surface area contributed by atoms with E-state index in [1.165, 1.54) is 25.7 Å². The lowest BCUT2D eigenvalue weighted by Gasteiger charge is -2.62. The van der Waals surface area contributed by atoms with Crippen LogP contribution in [0.15, 0.2) is 0 Å². The first-order chi connectivity index (χ1) is 15.6. The predicted molar refractivity (Wildman–Crippen MR) is 139 cm³/mol. The van der Waals surface area contributed by atoms with Crippen molar-refractivity contribution >= 4 is 0 Å². The van der Waals surface area contributed by atoms with Gasteiger partial charge in [0.2, 0.25) is 0 Å². The quantitative estimate of drug-likeness (QED) is 0.385. The zero-order valence-electron chi connectivity index (χ0n) is 22.0. The molecule has 2 spiro atoms. The molecule has 0 atom stereocenters. The van der Waals surface area contributed by atoms with Crippen molar-refractivity contribution in [2.75, 3.05) is 0 Å². The Morgan fingerprint density at radius 3 is 1.06 bits per heavy atom. The van der Waals surface area contributed by atoms with Gasteiger partial charge < -0.3 is 0 Å². The maximum absolute atomic E-state index is 2.38. The van der Waals surface area contributed by atoms with Gasteiger partial charge in [-0.3, -0.25) is 0 Å². The molecule has 0 aromatic heterocycles. The summed E-state index contributed by atoms with van der Waals surface area (Å²) in [6.07, 6.45) is 34.5. The summed E-state index contributed by atoms with van der Waals surface area (Å²) in [6.45, 7) is 4.76. The van der Waals surface area contributed by atoms with Gasteiger partial charge in [-0.2, -0.15) is 0 Å². The smallest absolute Gasteiger partial charge is 0.0287 e. The Morgan fingerprint density at radius 1 is 0.438 bits per heavy atom. The van der Waals surface area contributed by atoms with Crippen LogP contribution in [0, 0.1) is 46.3 Å². The number of rotatable bonds is 6. The molecule has 0 saturated heterocycles. The summed E-state index contributed by atoms with van der Waals surface area (Å²) in [5.41, 5.74) is 1.64. The highest BCUT2D eigenvalue weighted by atomic mass is 14.6. The van der Waals surface area contributed by atoms with Crippen LogP contribution < -0.4 is 0 Å². The van der Waals surface area contributed by atoms with Gasteiger partial charge in [-0.25, -0.2) is 0 Å². The Labute approximate surface area is 201 Å². The van der Waals surface area contributed by atoms with Crippen molar-refractivity contribution in [1.82, 2.24) is 0 Å². The first kappa shape index (κ1) is 23.7. The minimum absolute atomic E-state index is 0.820. The summed E-state index contributed by atoms with van der Waals surface area (Å²) in [5.74, 6) is 6.60. The molecule has 0 heteroatoms. The van der Waals surface area contributed by atoms with Gasteiger partial charge in [0.1, 0.15) is 0 Å². The molecule has 0 bridgehead atoms. The minimum Gasteiger partial charge on any atom is -0.0654 e. The monoisotopic (exact) mass is 440 g/mol. The van der Waals surface area contributed by atoms with E-state index in [2.05, 4.69) is 13.8 Å². The Morgan fingerprint density at radius 2 is 0.750 bits per heavy atom. The van der Waals surface area contributed by atoms with E-state index in [0.717, 1.165) is 46.3 Å². The molecule has 0 heterocycles. The van der Waals surface area contributed by atoms with E-state index < -0.39 is 0 Å². The van der Waals surface area contributed by atoms with Gasteiger partial charge in [0, 0.05) is 0 Å². The normalized spacial score (nSPS) is 47.4. The van der Waals surface area contributed by atoms with Crippen LogP contribution in [0.4, 0.5) is 0 Å². The van der Waals surface area contributed by atoms with E-state index in [0.29, 0.717) is 0 Å². The third kappa shape index (κ3) is 5.15. The van der Waals surface area contributed by atoms with Crippen molar-refractivity contribution < 1.29 is 0 Å². The first-order valence-corrected chi connectivity index (χ1v) is 15.6. The maximum atomic E-state index is 2.38. The SMILES string of the molecule is CCC[C@H]1CC[C@H](C2CCC3(CC2)CC2(CCC([C@H]4CC[C@H](CCC)CC4)CC2)C3)CC1. The largest absolute Gasteiger partial charge is 0.0654 e. The Hall–Kier alpha value is 0. The van der Waals surface area contributed by atoms with E-state index in [1.54, 1.807) is 116 Å². The Kier molecular flexibility index (Phi) is 7.65. The van der Waals surface area contributed by atoms with Crippen LogP contribution in [0.25, 0.3) is 0 Å². The van der Waals surface area contributed by atoms with Gasteiger partial charge in [-0.15, -0.1) is 0 Å². The molecule has 0 aromatic carbocycles. The van der Waals surface area contributed by atoms with E-state index in [-0.39, 0.29) is 0 Å². The fraction of sp³-hybridized carbons (Fsp3) is 1.00. The molecule has 0 aliphatic heterocycles. The van der Waals surface area contributed by atoms with Crippen LogP contribution in [0.2, 0.25) is 0 Å². The molecule has 0 nitrogen and oxygen atoms in total. The fourth-order valence-corrected chi connectivity index (χ4v) is 10.4. The van der Waals surface area contributed by atoms with Gasteiger partial charge in [0.15, 0.2) is 0 Å². The van der Waals surface area contributed by atoms with E-state index in [9.17, 15) is 0 Å². The average molecular weight is 441 g/mol. The van der Waals surface area contributed by atoms with Gasteiger partial charge >= 0.3 is 0 Å². The van der Waals surface area contributed by atoms with Crippen LogP contribution in [0.1, 0.15) is 155 Å². The second-order valence-electron chi connectivity index (χ2n) is 14.2. The van der Waals surface area contributed by atoms with Crippen molar-refractivity contribution in [3.63, 3.8) is 0 Å². The van der Waals surface area contributed by atoms with Crippen LogP contribution >= 0.6 is 0 Å². The highest BCUT2D eigenvalue weighted by molar-refractivity contribution is 5.07. The zero-order valence-corrected chi connectivity index (χ0v) is 22.0. The molecule has 0 amide bonds. The lowest BCUT2D eigenvalue weighted by molar-refractivity contribution is -0.109. The average Bonchev–Trinajstić information content (AvgIpc) is 2.81. The van der Waals surface area contributed by atoms with Crippen molar-refractivity contribution in [2.24, 2.45) is 46.3 Å². The van der Waals surface area contributed by atoms with Crippen LogP contribution in [-0.2, 0) is 0 Å². The molecular formula is C32H56. The Bertz CT molecular complexity index is 497. The van der Waals surface area contributed by atoms with E-state index in [1.807, 2.05) is 0 Å². The molecule has 0 aromatic rings. The summed E-state index contributed by atoms with van der Waals surface area (Å²) in [4.78, 5) is 0. The van der Waals surface area contributed by atoms with Crippen LogP contribution in [0.3, 0.4) is 0 Å². The Balaban J connectivity index is 1.02. The maximum Gasteiger partial charge on any atom is -0.0287 e.